The first kappa shape index (κ1) is 41.4. The Balaban J connectivity index is 1.07. The Labute approximate surface area is 325 Å². The van der Waals surface area contributed by atoms with Crippen LogP contribution in [0.4, 0.5) is 14.5 Å². The summed E-state index contributed by atoms with van der Waals surface area (Å²) in [6.07, 6.45) is 16.8. The molecule has 2 heterocycles. The van der Waals surface area contributed by atoms with Crippen molar-refractivity contribution in [1.29, 1.82) is 0 Å². The van der Waals surface area contributed by atoms with Crippen LogP contribution in [0.2, 0.25) is 0 Å². The second-order valence-electron chi connectivity index (χ2n) is 14.5. The average Bonchev–Trinajstić information content (AvgIpc) is 3.60. The average molecular weight is 761 g/mol. The predicted molar refractivity (Wildman–Crippen MR) is 219 cm³/mol. The van der Waals surface area contributed by atoms with Gasteiger partial charge in [-0.2, -0.15) is 10.2 Å². The molecule has 8 nitrogen and oxygen atoms in total. The van der Waals surface area contributed by atoms with Crippen LogP contribution < -0.4 is 4.90 Å². The van der Waals surface area contributed by atoms with Gasteiger partial charge in [-0.15, -0.1) is 11.8 Å². The maximum absolute atomic E-state index is 15.1. The third kappa shape index (κ3) is 11.1. The van der Waals surface area contributed by atoms with E-state index in [0.29, 0.717) is 31.0 Å². The van der Waals surface area contributed by atoms with Gasteiger partial charge >= 0.3 is 0 Å². The number of hydrogen-bond donors (Lipinski definition) is 0. The molecule has 0 radical (unpaired) electrons. The van der Waals surface area contributed by atoms with Crippen LogP contribution >= 0.6 is 11.8 Å². The van der Waals surface area contributed by atoms with Gasteiger partial charge in [-0.05, 0) is 102 Å². The molecule has 0 spiro atoms. The van der Waals surface area contributed by atoms with E-state index in [1.165, 1.54) is 39.4 Å². The number of carbonyl (C=O) groups is 1. The quantitative estimate of drug-likeness (QED) is 0.0657. The lowest BCUT2D eigenvalue weighted by atomic mass is 9.89. The van der Waals surface area contributed by atoms with Gasteiger partial charge in [-0.3, -0.25) is 14.7 Å². The number of hydrogen-bond acceptors (Lipinski definition) is 8. The molecule has 0 aromatic heterocycles. The lowest BCUT2D eigenvalue weighted by Crippen LogP contribution is -2.47. The monoisotopic (exact) mass is 760 g/mol. The molecule has 11 heteroatoms. The molecule has 54 heavy (non-hydrogen) atoms. The number of allylic oxidation sites excluding steroid dienone is 3. The van der Waals surface area contributed by atoms with Crippen LogP contribution in [0.25, 0.3) is 0 Å². The smallest absolute Gasteiger partial charge is 0.266 e. The SMILES string of the molecule is C=CC(=O)N(/N=C\CCC1=CC(CN2CCN(c3ccc(SCC4CCC(CN(CC)/N=C\C)(c5ccc(F)cc5F)O4)cc3)CC2)CC=C1)C(C)CC. The molecule has 2 aromatic rings. The first-order valence-corrected chi connectivity index (χ1v) is 20.6. The van der Waals surface area contributed by atoms with Crippen molar-refractivity contribution in [1.82, 2.24) is 14.9 Å². The fourth-order valence-electron chi connectivity index (χ4n) is 7.51. The molecule has 0 N–H and O–H groups in total. The molecule has 2 aromatic carbocycles. The van der Waals surface area contributed by atoms with E-state index in [1.807, 2.05) is 38.9 Å². The molecule has 0 saturated carbocycles. The number of thioether (sulfide) groups is 1. The van der Waals surface area contributed by atoms with Gasteiger partial charge in [0.05, 0.1) is 18.7 Å². The van der Waals surface area contributed by atoms with Crippen LogP contribution in [0.5, 0.6) is 0 Å². The normalized spacial score (nSPS) is 22.6. The van der Waals surface area contributed by atoms with E-state index < -0.39 is 17.2 Å². The predicted octanol–water partition coefficient (Wildman–Crippen LogP) is 8.66. The summed E-state index contributed by atoms with van der Waals surface area (Å²) in [5, 5.41) is 12.3. The lowest BCUT2D eigenvalue weighted by molar-refractivity contribution is -0.128. The highest BCUT2D eigenvalue weighted by Crippen LogP contribution is 2.43. The summed E-state index contributed by atoms with van der Waals surface area (Å²) in [5.41, 5.74) is 2.09. The third-order valence-electron chi connectivity index (χ3n) is 10.7. The Morgan fingerprint density at radius 1 is 1.13 bits per heavy atom. The number of benzene rings is 2. The van der Waals surface area contributed by atoms with E-state index in [-0.39, 0.29) is 18.1 Å². The van der Waals surface area contributed by atoms with E-state index in [4.69, 9.17) is 4.74 Å². The minimum atomic E-state index is -0.885. The first-order valence-electron chi connectivity index (χ1n) is 19.6. The summed E-state index contributed by atoms with van der Waals surface area (Å²) in [4.78, 5) is 18.4. The van der Waals surface area contributed by atoms with Gasteiger partial charge in [0.1, 0.15) is 17.2 Å². The Kier molecular flexibility index (Phi) is 15.5. The fraction of sp³-hybridized carbons (Fsp3) is 0.512. The number of ether oxygens (including phenoxy) is 1. The van der Waals surface area contributed by atoms with E-state index in [1.54, 1.807) is 18.0 Å². The number of anilines is 1. The maximum Gasteiger partial charge on any atom is 0.266 e. The second kappa shape index (κ2) is 20.2. The number of rotatable bonds is 18. The first-order chi connectivity index (χ1) is 26.2. The molecular weight excluding hydrogens is 703 g/mol. The zero-order valence-electron chi connectivity index (χ0n) is 32.5. The van der Waals surface area contributed by atoms with Crippen molar-refractivity contribution < 1.29 is 18.3 Å². The zero-order chi connectivity index (χ0) is 38.5. The summed E-state index contributed by atoms with van der Waals surface area (Å²) in [6, 6.07) is 12.6. The van der Waals surface area contributed by atoms with Crippen LogP contribution in [-0.2, 0) is 15.1 Å². The highest BCUT2D eigenvalue weighted by molar-refractivity contribution is 7.99. The Hall–Kier alpha value is -3.80. The number of amides is 1. The topological polar surface area (TPSA) is 64.0 Å². The van der Waals surface area contributed by atoms with Crippen molar-refractivity contribution in [2.45, 2.75) is 88.9 Å². The van der Waals surface area contributed by atoms with Crippen LogP contribution in [0.1, 0.15) is 71.8 Å². The van der Waals surface area contributed by atoms with E-state index >= 15 is 4.39 Å². The van der Waals surface area contributed by atoms with Gasteiger partial charge in [0, 0.05) is 79.7 Å². The summed E-state index contributed by atoms with van der Waals surface area (Å²) in [5.74, 6) is -0.0724. The summed E-state index contributed by atoms with van der Waals surface area (Å²) < 4.78 is 35.6. The van der Waals surface area contributed by atoms with Gasteiger partial charge in [0.2, 0.25) is 0 Å². The molecule has 4 atom stereocenters. The van der Waals surface area contributed by atoms with E-state index in [9.17, 15) is 9.18 Å². The molecule has 2 fully saturated rings. The molecule has 2 saturated heterocycles. The molecular formula is C43H58F2N6O2S. The van der Waals surface area contributed by atoms with Crippen LogP contribution in [0, 0.1) is 17.6 Å². The van der Waals surface area contributed by atoms with Crippen molar-refractivity contribution >= 4 is 35.8 Å². The Morgan fingerprint density at radius 2 is 1.91 bits per heavy atom. The molecule has 1 aliphatic carbocycles. The number of likely N-dealkylation sites (N-methyl/N-ethyl adjacent to an activating group) is 1. The van der Waals surface area contributed by atoms with Gasteiger partial charge in [-0.25, -0.2) is 13.8 Å². The second-order valence-corrected chi connectivity index (χ2v) is 15.6. The highest BCUT2D eigenvalue weighted by atomic mass is 32.2. The van der Waals surface area contributed by atoms with Crippen molar-refractivity contribution in [2.75, 3.05) is 56.5 Å². The van der Waals surface area contributed by atoms with Gasteiger partial charge < -0.3 is 9.64 Å². The van der Waals surface area contributed by atoms with Gasteiger partial charge in [-0.1, -0.05) is 43.4 Å². The van der Waals surface area contributed by atoms with Gasteiger partial charge in [0.15, 0.2) is 0 Å². The van der Waals surface area contributed by atoms with Gasteiger partial charge in [0.25, 0.3) is 5.91 Å². The summed E-state index contributed by atoms with van der Waals surface area (Å²) in [6.45, 7) is 17.7. The van der Waals surface area contributed by atoms with E-state index in [0.717, 1.165) is 76.6 Å². The molecule has 4 unspecified atom stereocenters. The molecule has 5 rings (SSSR count). The number of hydrazone groups is 2. The minimum Gasteiger partial charge on any atom is -0.369 e. The summed E-state index contributed by atoms with van der Waals surface area (Å²) >= 11 is 1.76. The number of nitrogens with zero attached hydrogens (tertiary/aromatic N) is 6. The van der Waals surface area contributed by atoms with Crippen LogP contribution in [0.15, 0.2) is 94.0 Å². The molecule has 1 amide bonds. The van der Waals surface area contributed by atoms with Crippen molar-refractivity contribution in [3.8, 4) is 0 Å². The Bertz CT molecular complexity index is 1660. The third-order valence-corrected chi connectivity index (χ3v) is 11.8. The minimum absolute atomic E-state index is 0.0453. The van der Waals surface area contributed by atoms with E-state index in [2.05, 4.69) is 69.1 Å². The number of halogens is 2. The zero-order valence-corrected chi connectivity index (χ0v) is 33.3. The number of piperazine rings is 1. The standard InChI is InChI=1S/C43H58F2N6O2S/c1-6-33(5)51(42(52)7-2)47-23-11-14-34-12-10-13-35(28-34)30-48-24-26-49(27-25-48)37-16-18-39(19-17-37)54-31-38-21-22-43(53-38,32-50(9-4)46-8-3)40-20-15-36(44)29-41(40)45/h7-8,10,12,15-20,23,28-29,33,35,38H,2,6,9,11,13-14,21-22,24-27,30-32H2,1,3-5H3/b46-8-,47-23-. The molecule has 3 aliphatic rings. The molecule has 2 aliphatic heterocycles. The number of carbonyl (C=O) groups excluding carboxylic acids is 1. The highest BCUT2D eigenvalue weighted by Gasteiger charge is 2.44. The molecule has 292 valence electrons. The Morgan fingerprint density at radius 3 is 2.59 bits per heavy atom. The summed E-state index contributed by atoms with van der Waals surface area (Å²) in [7, 11) is 0. The van der Waals surface area contributed by atoms with Crippen LogP contribution in [0.3, 0.4) is 0 Å². The molecule has 0 bridgehead atoms. The largest absolute Gasteiger partial charge is 0.369 e. The van der Waals surface area contributed by atoms with Crippen LogP contribution in [-0.4, -0.2) is 97.0 Å². The van der Waals surface area contributed by atoms with Crippen molar-refractivity contribution in [2.24, 2.45) is 16.1 Å². The lowest BCUT2D eigenvalue weighted by Gasteiger charge is -2.37. The van der Waals surface area contributed by atoms with Crippen molar-refractivity contribution in [3.05, 3.63) is 96.1 Å². The fourth-order valence-corrected chi connectivity index (χ4v) is 8.45. The van der Waals surface area contributed by atoms with Crippen molar-refractivity contribution in [3.63, 3.8) is 0 Å². The maximum atomic E-state index is 15.1.